The summed E-state index contributed by atoms with van der Waals surface area (Å²) < 4.78 is 20.8. The van der Waals surface area contributed by atoms with Crippen LogP contribution < -0.4 is 10.5 Å². The molecular weight excluding hydrogens is 233 g/mol. The van der Waals surface area contributed by atoms with Crippen LogP contribution in [0.25, 0.3) is 0 Å². The van der Waals surface area contributed by atoms with Gasteiger partial charge < -0.3 is 10.5 Å². The fourth-order valence-corrected chi connectivity index (χ4v) is 1.61. The molecule has 0 amide bonds. The van der Waals surface area contributed by atoms with E-state index in [2.05, 4.69) is 5.10 Å². The van der Waals surface area contributed by atoms with Crippen molar-refractivity contribution < 1.29 is 9.13 Å². The van der Waals surface area contributed by atoms with E-state index in [-0.39, 0.29) is 18.4 Å². The molecular formula is C13H16FN3O. The maximum atomic E-state index is 13.7. The van der Waals surface area contributed by atoms with E-state index in [0.29, 0.717) is 0 Å². The Morgan fingerprint density at radius 3 is 2.78 bits per heavy atom. The number of halogens is 1. The summed E-state index contributed by atoms with van der Waals surface area (Å²) in [6.45, 7) is 2.05. The number of aromatic nitrogens is 2. The molecule has 0 bridgehead atoms. The van der Waals surface area contributed by atoms with Crippen molar-refractivity contribution in [3.8, 4) is 5.75 Å². The molecule has 0 aliphatic carbocycles. The lowest BCUT2D eigenvalue weighted by Crippen LogP contribution is -2.06. The molecule has 2 N–H and O–H groups in total. The summed E-state index contributed by atoms with van der Waals surface area (Å²) >= 11 is 0. The van der Waals surface area contributed by atoms with Crippen molar-refractivity contribution >= 4 is 0 Å². The number of nitrogens with two attached hydrogens (primary N) is 1. The number of rotatable bonds is 4. The number of hydrogen-bond acceptors (Lipinski definition) is 3. The van der Waals surface area contributed by atoms with Gasteiger partial charge in [-0.3, -0.25) is 4.68 Å². The molecule has 1 aromatic heterocycles. The molecule has 2 aromatic rings. The molecule has 1 atom stereocenters. The molecule has 18 heavy (non-hydrogen) atoms. The van der Waals surface area contributed by atoms with E-state index in [1.54, 1.807) is 16.8 Å². The van der Waals surface area contributed by atoms with Gasteiger partial charge in [0.05, 0.1) is 5.69 Å². The van der Waals surface area contributed by atoms with Crippen molar-refractivity contribution in [3.05, 3.63) is 47.5 Å². The normalized spacial score (nSPS) is 12.4. The Bertz CT molecular complexity index is 537. The number of benzene rings is 1. The average molecular weight is 249 g/mol. The van der Waals surface area contributed by atoms with E-state index >= 15 is 0 Å². The van der Waals surface area contributed by atoms with Gasteiger partial charge in [-0.1, -0.05) is 6.07 Å². The molecule has 1 heterocycles. The van der Waals surface area contributed by atoms with Crippen molar-refractivity contribution in [2.45, 2.75) is 19.6 Å². The van der Waals surface area contributed by atoms with E-state index in [1.807, 2.05) is 26.2 Å². The van der Waals surface area contributed by atoms with Gasteiger partial charge in [-0.2, -0.15) is 5.10 Å². The van der Waals surface area contributed by atoms with Crippen LogP contribution in [0.15, 0.2) is 30.5 Å². The molecule has 0 aliphatic rings. The summed E-state index contributed by atoms with van der Waals surface area (Å²) in [5, 5.41) is 4.15. The predicted octanol–water partition coefficient (Wildman–Crippen LogP) is 2.16. The van der Waals surface area contributed by atoms with Crippen LogP contribution in [0.3, 0.4) is 0 Å². The van der Waals surface area contributed by atoms with Gasteiger partial charge in [0.1, 0.15) is 6.61 Å². The average Bonchev–Trinajstić information content (AvgIpc) is 2.73. The Balaban J connectivity index is 2.05. The standard InChI is InChI=1S/C13H16FN3O/c1-9(15)10-3-4-13(12(14)7-10)18-8-11-5-6-17(2)16-11/h3-7,9H,8,15H2,1-2H3/t9-/m0/s1. The minimum atomic E-state index is -0.402. The molecule has 1 aromatic carbocycles. The van der Waals surface area contributed by atoms with Crippen molar-refractivity contribution in [1.82, 2.24) is 9.78 Å². The summed E-state index contributed by atoms with van der Waals surface area (Å²) in [6, 6.07) is 6.40. The quantitative estimate of drug-likeness (QED) is 0.903. The fourth-order valence-electron chi connectivity index (χ4n) is 1.61. The molecule has 0 saturated heterocycles. The van der Waals surface area contributed by atoms with Crippen molar-refractivity contribution in [2.75, 3.05) is 0 Å². The molecule has 0 fully saturated rings. The highest BCUT2D eigenvalue weighted by atomic mass is 19.1. The third-order valence-corrected chi connectivity index (χ3v) is 2.63. The Hall–Kier alpha value is -1.88. The van der Waals surface area contributed by atoms with Gasteiger partial charge in [-0.15, -0.1) is 0 Å². The van der Waals surface area contributed by atoms with E-state index in [9.17, 15) is 4.39 Å². The highest BCUT2D eigenvalue weighted by molar-refractivity contribution is 5.30. The lowest BCUT2D eigenvalue weighted by atomic mass is 10.1. The second-order valence-electron chi connectivity index (χ2n) is 4.25. The van der Waals surface area contributed by atoms with E-state index in [1.165, 1.54) is 6.07 Å². The van der Waals surface area contributed by atoms with E-state index in [0.717, 1.165) is 11.3 Å². The van der Waals surface area contributed by atoms with Crippen LogP contribution >= 0.6 is 0 Å². The Kier molecular flexibility index (Phi) is 3.62. The van der Waals surface area contributed by atoms with Crippen molar-refractivity contribution in [1.29, 1.82) is 0 Å². The molecule has 0 saturated carbocycles. The summed E-state index contributed by atoms with van der Waals surface area (Å²) in [6.07, 6.45) is 1.81. The van der Waals surface area contributed by atoms with Gasteiger partial charge in [0.15, 0.2) is 11.6 Å². The Morgan fingerprint density at radius 2 is 2.22 bits per heavy atom. The zero-order valence-corrected chi connectivity index (χ0v) is 10.4. The molecule has 2 rings (SSSR count). The summed E-state index contributed by atoms with van der Waals surface area (Å²) in [5.41, 5.74) is 7.19. The topological polar surface area (TPSA) is 53.1 Å². The maximum Gasteiger partial charge on any atom is 0.165 e. The Labute approximate surface area is 105 Å². The van der Waals surface area contributed by atoms with E-state index < -0.39 is 5.82 Å². The molecule has 5 heteroatoms. The van der Waals surface area contributed by atoms with Gasteiger partial charge in [-0.05, 0) is 30.7 Å². The van der Waals surface area contributed by atoms with Crippen LogP contribution in [0.1, 0.15) is 24.2 Å². The number of aryl methyl sites for hydroxylation is 1. The zero-order chi connectivity index (χ0) is 13.1. The third-order valence-electron chi connectivity index (χ3n) is 2.63. The summed E-state index contributed by atoms with van der Waals surface area (Å²) in [4.78, 5) is 0. The lowest BCUT2D eigenvalue weighted by molar-refractivity contribution is 0.284. The number of nitrogens with zero attached hydrogens (tertiary/aromatic N) is 2. The van der Waals surface area contributed by atoms with E-state index in [4.69, 9.17) is 10.5 Å². The molecule has 0 radical (unpaired) electrons. The first-order valence-electron chi connectivity index (χ1n) is 5.72. The van der Waals surface area contributed by atoms with Crippen LogP contribution in [0, 0.1) is 5.82 Å². The van der Waals surface area contributed by atoms with Gasteiger partial charge >= 0.3 is 0 Å². The number of hydrogen-bond donors (Lipinski definition) is 1. The van der Waals surface area contributed by atoms with Gasteiger partial charge in [0.25, 0.3) is 0 Å². The summed E-state index contributed by atoms with van der Waals surface area (Å²) in [7, 11) is 1.82. The van der Waals surface area contributed by atoms with Crippen LogP contribution in [0.2, 0.25) is 0 Å². The first-order valence-corrected chi connectivity index (χ1v) is 5.72. The van der Waals surface area contributed by atoms with Crippen molar-refractivity contribution in [2.24, 2.45) is 12.8 Å². The smallest absolute Gasteiger partial charge is 0.165 e. The van der Waals surface area contributed by atoms with Crippen LogP contribution in [-0.4, -0.2) is 9.78 Å². The SMILES string of the molecule is C[C@H](N)c1ccc(OCc2ccn(C)n2)c(F)c1. The first kappa shape index (κ1) is 12.6. The minimum Gasteiger partial charge on any atom is -0.484 e. The Morgan fingerprint density at radius 1 is 1.44 bits per heavy atom. The van der Waals surface area contributed by atoms with Crippen LogP contribution in [0.5, 0.6) is 5.75 Å². The lowest BCUT2D eigenvalue weighted by Gasteiger charge is -2.09. The highest BCUT2D eigenvalue weighted by Gasteiger charge is 2.08. The maximum absolute atomic E-state index is 13.7. The second kappa shape index (κ2) is 5.18. The molecule has 4 nitrogen and oxygen atoms in total. The van der Waals surface area contributed by atoms with Gasteiger partial charge in [-0.25, -0.2) is 4.39 Å². The highest BCUT2D eigenvalue weighted by Crippen LogP contribution is 2.21. The fraction of sp³-hybridized carbons (Fsp3) is 0.308. The first-order chi connectivity index (χ1) is 8.56. The summed E-state index contributed by atoms with van der Waals surface area (Å²) in [5.74, 6) is -0.189. The second-order valence-corrected chi connectivity index (χ2v) is 4.25. The monoisotopic (exact) mass is 249 g/mol. The van der Waals surface area contributed by atoms with Crippen molar-refractivity contribution in [3.63, 3.8) is 0 Å². The molecule has 0 aliphatic heterocycles. The minimum absolute atomic E-state index is 0.190. The van der Waals surface area contributed by atoms with Gasteiger partial charge in [0, 0.05) is 19.3 Å². The number of ether oxygens (including phenoxy) is 1. The zero-order valence-electron chi connectivity index (χ0n) is 10.4. The molecule has 96 valence electrons. The van der Waals surface area contributed by atoms with Crippen LogP contribution in [0.4, 0.5) is 4.39 Å². The largest absolute Gasteiger partial charge is 0.484 e. The molecule has 0 spiro atoms. The van der Waals surface area contributed by atoms with Crippen LogP contribution in [-0.2, 0) is 13.7 Å². The third kappa shape index (κ3) is 2.87. The predicted molar refractivity (Wildman–Crippen MR) is 66.5 cm³/mol. The molecule has 0 unspecified atom stereocenters. The van der Waals surface area contributed by atoms with Gasteiger partial charge in [0.2, 0.25) is 0 Å².